The minimum Gasteiger partial charge on any atom is -0.370 e. The van der Waals surface area contributed by atoms with Gasteiger partial charge in [-0.05, 0) is 56.5 Å². The summed E-state index contributed by atoms with van der Waals surface area (Å²) in [6.07, 6.45) is 3.59. The highest BCUT2D eigenvalue weighted by Crippen LogP contribution is 2.26. The molecular weight excluding hydrogens is 270 g/mol. The highest BCUT2D eigenvalue weighted by atomic mass is 35.5. The molecule has 0 spiro atoms. The maximum absolute atomic E-state index is 9.32. The van der Waals surface area contributed by atoms with Crippen LogP contribution in [0.4, 0.5) is 5.69 Å². The molecule has 1 saturated heterocycles. The second-order valence-corrected chi connectivity index (χ2v) is 5.87. The van der Waals surface area contributed by atoms with E-state index in [1.54, 1.807) is 6.07 Å². The molecule has 0 aromatic heterocycles. The number of hydrogen-bond donors (Lipinski definition) is 1. The van der Waals surface area contributed by atoms with E-state index < -0.39 is 0 Å². The summed E-state index contributed by atoms with van der Waals surface area (Å²) in [5.41, 5.74) is 1.69. The molecular formula is C16H22ClN3. The Balaban J connectivity index is 2.17. The van der Waals surface area contributed by atoms with E-state index in [9.17, 15) is 5.26 Å². The Hall–Kier alpha value is -1.24. The van der Waals surface area contributed by atoms with Gasteiger partial charge < -0.3 is 10.2 Å². The summed E-state index contributed by atoms with van der Waals surface area (Å²) in [7, 11) is 0. The molecule has 1 aromatic carbocycles. The molecule has 3 nitrogen and oxygen atoms in total. The van der Waals surface area contributed by atoms with E-state index in [0.29, 0.717) is 16.5 Å². The highest BCUT2D eigenvalue weighted by Gasteiger charge is 2.18. The fourth-order valence-electron chi connectivity index (χ4n) is 2.85. The summed E-state index contributed by atoms with van der Waals surface area (Å²) in [4.78, 5) is 2.34. The summed E-state index contributed by atoms with van der Waals surface area (Å²) in [5, 5.41) is 13.4. The van der Waals surface area contributed by atoms with Crippen LogP contribution in [0.25, 0.3) is 0 Å². The van der Waals surface area contributed by atoms with Crippen LogP contribution in [0.3, 0.4) is 0 Å². The first-order valence-corrected chi connectivity index (χ1v) is 7.77. The molecule has 4 heteroatoms. The van der Waals surface area contributed by atoms with Gasteiger partial charge in [-0.25, -0.2) is 0 Å². The SMILES string of the molecule is CCCN(CC1CCCNC1)c1ccc(Cl)cc1C#N. The number of rotatable bonds is 5. The summed E-state index contributed by atoms with van der Waals surface area (Å²) in [5.74, 6) is 0.664. The molecule has 0 radical (unpaired) electrons. The zero-order chi connectivity index (χ0) is 14.4. The maximum atomic E-state index is 9.32. The number of halogens is 1. The third-order valence-corrected chi connectivity index (χ3v) is 4.03. The first-order chi connectivity index (χ1) is 9.74. The van der Waals surface area contributed by atoms with Gasteiger partial charge in [0.2, 0.25) is 0 Å². The zero-order valence-electron chi connectivity index (χ0n) is 12.0. The standard InChI is InChI=1S/C16H22ClN3/c1-2-8-20(12-13-4-3-7-19-11-13)16-6-5-15(17)9-14(16)10-18/h5-6,9,13,19H,2-4,7-8,11-12H2,1H3. The van der Waals surface area contributed by atoms with Crippen molar-refractivity contribution in [1.82, 2.24) is 5.32 Å². The highest BCUT2D eigenvalue weighted by molar-refractivity contribution is 6.30. The minimum absolute atomic E-state index is 0.626. The fraction of sp³-hybridized carbons (Fsp3) is 0.562. The van der Waals surface area contributed by atoms with Gasteiger partial charge in [-0.1, -0.05) is 18.5 Å². The van der Waals surface area contributed by atoms with Crippen molar-refractivity contribution in [2.75, 3.05) is 31.1 Å². The molecule has 0 bridgehead atoms. The molecule has 1 heterocycles. The van der Waals surface area contributed by atoms with Crippen LogP contribution in [0.5, 0.6) is 0 Å². The molecule has 1 aliphatic rings. The smallest absolute Gasteiger partial charge is 0.101 e. The number of nitrogens with one attached hydrogen (secondary N) is 1. The number of nitriles is 1. The molecule has 2 rings (SSSR count). The van der Waals surface area contributed by atoms with Gasteiger partial charge in [-0.2, -0.15) is 5.26 Å². The monoisotopic (exact) mass is 291 g/mol. The van der Waals surface area contributed by atoms with Crippen molar-refractivity contribution >= 4 is 17.3 Å². The van der Waals surface area contributed by atoms with Crippen molar-refractivity contribution in [2.45, 2.75) is 26.2 Å². The molecule has 0 amide bonds. The van der Waals surface area contributed by atoms with Crippen LogP contribution >= 0.6 is 11.6 Å². The van der Waals surface area contributed by atoms with Crippen molar-refractivity contribution in [1.29, 1.82) is 5.26 Å². The van der Waals surface area contributed by atoms with Gasteiger partial charge >= 0.3 is 0 Å². The predicted octanol–water partition coefficient (Wildman–Crippen LogP) is 3.43. The molecule has 1 aliphatic heterocycles. The third kappa shape index (κ3) is 3.88. The van der Waals surface area contributed by atoms with E-state index in [2.05, 4.69) is 23.2 Å². The molecule has 20 heavy (non-hydrogen) atoms. The largest absolute Gasteiger partial charge is 0.370 e. The normalized spacial score (nSPS) is 18.6. The summed E-state index contributed by atoms with van der Waals surface area (Å²) in [6, 6.07) is 7.89. The van der Waals surface area contributed by atoms with E-state index in [-0.39, 0.29) is 0 Å². The molecule has 1 unspecified atom stereocenters. The number of anilines is 1. The van der Waals surface area contributed by atoms with Crippen molar-refractivity contribution in [3.63, 3.8) is 0 Å². The summed E-state index contributed by atoms with van der Waals surface area (Å²) >= 11 is 5.99. The van der Waals surface area contributed by atoms with Gasteiger partial charge in [-0.15, -0.1) is 0 Å². The Labute approximate surface area is 126 Å². The Morgan fingerprint density at radius 3 is 3.00 bits per heavy atom. The Kier molecular flexibility index (Phi) is 5.70. The topological polar surface area (TPSA) is 39.1 Å². The van der Waals surface area contributed by atoms with E-state index >= 15 is 0 Å². The number of benzene rings is 1. The van der Waals surface area contributed by atoms with E-state index in [1.807, 2.05) is 12.1 Å². The van der Waals surface area contributed by atoms with Crippen LogP contribution in [0.2, 0.25) is 5.02 Å². The summed E-state index contributed by atoms with van der Waals surface area (Å²) < 4.78 is 0. The summed E-state index contributed by atoms with van der Waals surface area (Å²) in [6.45, 7) is 6.38. The van der Waals surface area contributed by atoms with Crippen molar-refractivity contribution < 1.29 is 0 Å². The molecule has 108 valence electrons. The lowest BCUT2D eigenvalue weighted by atomic mass is 9.98. The molecule has 0 saturated carbocycles. The van der Waals surface area contributed by atoms with Crippen molar-refractivity contribution in [3.8, 4) is 6.07 Å². The molecule has 1 aromatic rings. The predicted molar refractivity (Wildman–Crippen MR) is 84.3 cm³/mol. The van der Waals surface area contributed by atoms with Crippen LogP contribution in [0.1, 0.15) is 31.7 Å². The molecule has 1 N–H and O–H groups in total. The first-order valence-electron chi connectivity index (χ1n) is 7.40. The maximum Gasteiger partial charge on any atom is 0.101 e. The van der Waals surface area contributed by atoms with Gasteiger partial charge in [0.1, 0.15) is 6.07 Å². The van der Waals surface area contributed by atoms with Gasteiger partial charge in [0.25, 0.3) is 0 Å². The van der Waals surface area contributed by atoms with Crippen LogP contribution < -0.4 is 10.2 Å². The lowest BCUT2D eigenvalue weighted by Crippen LogP contribution is -2.39. The quantitative estimate of drug-likeness (QED) is 0.903. The zero-order valence-corrected chi connectivity index (χ0v) is 12.8. The molecule has 1 fully saturated rings. The Morgan fingerprint density at radius 2 is 2.35 bits per heavy atom. The Morgan fingerprint density at radius 1 is 1.50 bits per heavy atom. The van der Waals surface area contributed by atoms with E-state index in [0.717, 1.165) is 38.3 Å². The number of nitrogens with zero attached hydrogens (tertiary/aromatic N) is 2. The molecule has 0 aliphatic carbocycles. The van der Waals surface area contributed by atoms with Gasteiger partial charge in [-0.3, -0.25) is 0 Å². The van der Waals surface area contributed by atoms with E-state index in [1.165, 1.54) is 12.8 Å². The van der Waals surface area contributed by atoms with Crippen molar-refractivity contribution in [2.24, 2.45) is 5.92 Å². The van der Waals surface area contributed by atoms with Gasteiger partial charge in [0, 0.05) is 18.1 Å². The average Bonchev–Trinajstić information content (AvgIpc) is 2.48. The fourth-order valence-corrected chi connectivity index (χ4v) is 3.02. The minimum atomic E-state index is 0.626. The first kappa shape index (κ1) is 15.2. The lowest BCUT2D eigenvalue weighted by molar-refractivity contribution is 0.376. The lowest BCUT2D eigenvalue weighted by Gasteiger charge is -2.32. The number of piperidine rings is 1. The molecule has 1 atom stereocenters. The van der Waals surface area contributed by atoms with Crippen molar-refractivity contribution in [3.05, 3.63) is 28.8 Å². The average molecular weight is 292 g/mol. The Bertz CT molecular complexity index is 475. The number of hydrogen-bond acceptors (Lipinski definition) is 3. The van der Waals surface area contributed by atoms with Gasteiger partial charge in [0.15, 0.2) is 0 Å². The van der Waals surface area contributed by atoms with Crippen LogP contribution in [-0.2, 0) is 0 Å². The van der Waals surface area contributed by atoms with Gasteiger partial charge in [0.05, 0.1) is 11.3 Å². The van der Waals surface area contributed by atoms with E-state index in [4.69, 9.17) is 11.6 Å². The van der Waals surface area contributed by atoms with Crippen LogP contribution in [-0.4, -0.2) is 26.2 Å². The van der Waals surface area contributed by atoms with Crippen LogP contribution in [0.15, 0.2) is 18.2 Å². The second kappa shape index (κ2) is 7.52. The third-order valence-electron chi connectivity index (χ3n) is 3.79. The van der Waals surface area contributed by atoms with Crippen LogP contribution in [0, 0.1) is 17.2 Å². The second-order valence-electron chi connectivity index (χ2n) is 5.43.